The van der Waals surface area contributed by atoms with Crippen LogP contribution in [0.3, 0.4) is 0 Å². The van der Waals surface area contributed by atoms with Gasteiger partial charge in [-0.2, -0.15) is 0 Å². The number of hydrogen-bond donors (Lipinski definition) is 2. The monoisotopic (exact) mass is 248 g/mol. The summed E-state index contributed by atoms with van der Waals surface area (Å²) in [6.07, 6.45) is 7.79. The smallest absolute Gasteiger partial charge is 0.243 e. The van der Waals surface area contributed by atoms with E-state index in [2.05, 4.69) is 15.3 Å². The van der Waals surface area contributed by atoms with Gasteiger partial charge in [0.05, 0.1) is 11.4 Å². The molecular weight excluding hydrogens is 228 g/mol. The Morgan fingerprint density at radius 3 is 2.56 bits per heavy atom. The zero-order valence-electron chi connectivity index (χ0n) is 10.9. The maximum absolute atomic E-state index is 11.9. The minimum Gasteiger partial charge on any atom is -0.368 e. The lowest BCUT2D eigenvalue weighted by Gasteiger charge is -2.31. The fourth-order valence-electron chi connectivity index (χ4n) is 2.63. The van der Waals surface area contributed by atoms with E-state index in [0.29, 0.717) is 11.7 Å². The third-order valence-corrected chi connectivity index (χ3v) is 3.70. The van der Waals surface area contributed by atoms with E-state index in [4.69, 9.17) is 5.73 Å². The van der Waals surface area contributed by atoms with Crippen LogP contribution in [0.4, 0.5) is 0 Å². The number of rotatable bonds is 4. The van der Waals surface area contributed by atoms with E-state index in [1.165, 1.54) is 12.8 Å². The highest BCUT2D eigenvalue weighted by Crippen LogP contribution is 2.26. The molecule has 5 nitrogen and oxygen atoms in total. The van der Waals surface area contributed by atoms with Crippen LogP contribution in [-0.4, -0.2) is 21.9 Å². The van der Waals surface area contributed by atoms with E-state index >= 15 is 0 Å². The summed E-state index contributed by atoms with van der Waals surface area (Å²) in [5.74, 6) is -0.405. The molecule has 98 valence electrons. The molecule has 1 aliphatic carbocycles. The van der Waals surface area contributed by atoms with Gasteiger partial charge in [-0.1, -0.05) is 12.8 Å². The Hall–Kier alpha value is -1.49. The minimum atomic E-state index is -0.937. The third kappa shape index (κ3) is 2.36. The van der Waals surface area contributed by atoms with Crippen molar-refractivity contribution in [2.75, 3.05) is 0 Å². The second kappa shape index (κ2) is 5.02. The van der Waals surface area contributed by atoms with Gasteiger partial charge in [0.2, 0.25) is 5.91 Å². The molecule has 1 heterocycles. The molecule has 0 aliphatic heterocycles. The van der Waals surface area contributed by atoms with Crippen LogP contribution < -0.4 is 11.1 Å². The van der Waals surface area contributed by atoms with Crippen LogP contribution in [0.15, 0.2) is 12.4 Å². The second-order valence-corrected chi connectivity index (χ2v) is 5.11. The van der Waals surface area contributed by atoms with Gasteiger partial charge in [0.15, 0.2) is 0 Å². The van der Waals surface area contributed by atoms with E-state index in [1.807, 2.05) is 6.92 Å². The molecule has 0 radical (unpaired) electrons. The number of carbonyl (C=O) groups excluding carboxylic acids is 1. The molecule has 0 bridgehead atoms. The Bertz CT molecular complexity index is 442. The normalized spacial score (nSPS) is 19.7. The Morgan fingerprint density at radius 1 is 1.39 bits per heavy atom. The molecule has 2 rings (SSSR count). The zero-order chi connectivity index (χ0) is 13.2. The molecule has 1 aromatic heterocycles. The lowest BCUT2D eigenvalue weighted by molar-refractivity contribution is -0.124. The van der Waals surface area contributed by atoms with Crippen LogP contribution in [0.1, 0.15) is 44.0 Å². The molecule has 3 N–H and O–H groups in total. The Kier molecular flexibility index (Phi) is 3.61. The summed E-state index contributed by atoms with van der Waals surface area (Å²) in [6.45, 7) is 3.64. The predicted octanol–water partition coefficient (Wildman–Crippen LogP) is 1.02. The fourth-order valence-corrected chi connectivity index (χ4v) is 2.63. The summed E-state index contributed by atoms with van der Waals surface area (Å²) in [4.78, 5) is 20.3. The van der Waals surface area contributed by atoms with E-state index in [0.717, 1.165) is 18.5 Å². The zero-order valence-corrected chi connectivity index (χ0v) is 10.9. The van der Waals surface area contributed by atoms with Crippen molar-refractivity contribution in [2.24, 2.45) is 5.73 Å². The lowest BCUT2D eigenvalue weighted by Crippen LogP contribution is -2.54. The number of nitrogens with zero attached hydrogens (tertiary/aromatic N) is 2. The van der Waals surface area contributed by atoms with Crippen LogP contribution in [0, 0.1) is 6.92 Å². The van der Waals surface area contributed by atoms with Gasteiger partial charge in [0, 0.05) is 18.4 Å². The molecule has 1 amide bonds. The molecule has 1 fully saturated rings. The molecule has 1 atom stereocenters. The van der Waals surface area contributed by atoms with Gasteiger partial charge in [-0.25, -0.2) is 0 Å². The Morgan fingerprint density at radius 2 is 2.00 bits per heavy atom. The van der Waals surface area contributed by atoms with Gasteiger partial charge in [-0.3, -0.25) is 20.1 Å². The molecule has 0 aromatic carbocycles. The number of aromatic nitrogens is 2. The average molecular weight is 248 g/mol. The topological polar surface area (TPSA) is 80.9 Å². The highest BCUT2D eigenvalue weighted by molar-refractivity contribution is 5.85. The lowest BCUT2D eigenvalue weighted by atomic mass is 9.93. The predicted molar refractivity (Wildman–Crippen MR) is 68.7 cm³/mol. The molecule has 1 saturated carbocycles. The maximum Gasteiger partial charge on any atom is 0.243 e. The van der Waals surface area contributed by atoms with Gasteiger partial charge in [-0.15, -0.1) is 0 Å². The molecule has 0 spiro atoms. The van der Waals surface area contributed by atoms with Crippen molar-refractivity contribution in [3.63, 3.8) is 0 Å². The Balaban J connectivity index is 2.31. The highest BCUT2D eigenvalue weighted by Gasteiger charge is 2.38. The van der Waals surface area contributed by atoms with E-state index in [1.54, 1.807) is 19.3 Å². The molecular formula is C13H20N4O. The number of carbonyl (C=O) groups is 1. The maximum atomic E-state index is 11.9. The van der Waals surface area contributed by atoms with Gasteiger partial charge in [0.1, 0.15) is 5.54 Å². The number of amides is 1. The number of nitrogens with one attached hydrogen (secondary N) is 1. The van der Waals surface area contributed by atoms with Crippen molar-refractivity contribution in [1.82, 2.24) is 15.3 Å². The van der Waals surface area contributed by atoms with Crippen LogP contribution in [0.5, 0.6) is 0 Å². The molecule has 5 heteroatoms. The first kappa shape index (κ1) is 13.0. The van der Waals surface area contributed by atoms with Crippen molar-refractivity contribution >= 4 is 5.91 Å². The van der Waals surface area contributed by atoms with Gasteiger partial charge in [0.25, 0.3) is 0 Å². The summed E-state index contributed by atoms with van der Waals surface area (Å²) < 4.78 is 0. The van der Waals surface area contributed by atoms with Gasteiger partial charge >= 0.3 is 0 Å². The van der Waals surface area contributed by atoms with Crippen LogP contribution in [-0.2, 0) is 10.3 Å². The van der Waals surface area contributed by atoms with Gasteiger partial charge < -0.3 is 5.73 Å². The summed E-state index contributed by atoms with van der Waals surface area (Å²) in [7, 11) is 0. The molecule has 1 aliphatic rings. The molecule has 1 aromatic rings. The van der Waals surface area contributed by atoms with Crippen molar-refractivity contribution in [3.8, 4) is 0 Å². The van der Waals surface area contributed by atoms with Crippen molar-refractivity contribution < 1.29 is 4.79 Å². The molecule has 1 unspecified atom stereocenters. The summed E-state index contributed by atoms with van der Waals surface area (Å²) in [5.41, 5.74) is 6.01. The largest absolute Gasteiger partial charge is 0.368 e. The fraction of sp³-hybridized carbons (Fsp3) is 0.615. The summed E-state index contributed by atoms with van der Waals surface area (Å²) in [5, 5.41) is 3.37. The van der Waals surface area contributed by atoms with Crippen LogP contribution in [0.2, 0.25) is 0 Å². The first-order valence-electron chi connectivity index (χ1n) is 6.39. The standard InChI is InChI=1S/C13H20N4O/c1-9-11(16-8-7-15-9)13(2,12(14)18)17-10-5-3-4-6-10/h7-8,10,17H,3-6H2,1-2H3,(H2,14,18). The quantitative estimate of drug-likeness (QED) is 0.833. The van der Waals surface area contributed by atoms with E-state index in [9.17, 15) is 4.79 Å². The number of nitrogens with two attached hydrogens (primary N) is 1. The van der Waals surface area contributed by atoms with Gasteiger partial charge in [-0.05, 0) is 26.7 Å². The van der Waals surface area contributed by atoms with E-state index < -0.39 is 11.4 Å². The summed E-state index contributed by atoms with van der Waals surface area (Å²) >= 11 is 0. The van der Waals surface area contributed by atoms with Crippen LogP contribution >= 0.6 is 0 Å². The second-order valence-electron chi connectivity index (χ2n) is 5.11. The van der Waals surface area contributed by atoms with E-state index in [-0.39, 0.29) is 0 Å². The van der Waals surface area contributed by atoms with Crippen molar-refractivity contribution in [1.29, 1.82) is 0 Å². The molecule has 18 heavy (non-hydrogen) atoms. The average Bonchev–Trinajstić information content (AvgIpc) is 2.81. The highest BCUT2D eigenvalue weighted by atomic mass is 16.1. The number of aryl methyl sites for hydroxylation is 1. The minimum absolute atomic E-state index is 0.337. The SMILES string of the molecule is Cc1nccnc1C(C)(NC1CCCC1)C(N)=O. The number of primary amides is 1. The van der Waals surface area contributed by atoms with Crippen LogP contribution in [0.25, 0.3) is 0 Å². The first-order valence-corrected chi connectivity index (χ1v) is 6.39. The molecule has 0 saturated heterocycles. The third-order valence-electron chi connectivity index (χ3n) is 3.70. The number of hydrogen-bond acceptors (Lipinski definition) is 4. The Labute approximate surface area is 107 Å². The summed E-state index contributed by atoms with van der Waals surface area (Å²) in [6, 6.07) is 0.337. The van der Waals surface area contributed by atoms with Crippen molar-refractivity contribution in [3.05, 3.63) is 23.8 Å². The first-order chi connectivity index (χ1) is 8.54. The van der Waals surface area contributed by atoms with Crippen molar-refractivity contribution in [2.45, 2.75) is 51.1 Å².